The van der Waals surface area contributed by atoms with Gasteiger partial charge < -0.3 is 22.1 Å². The third-order valence-electron chi connectivity index (χ3n) is 3.02. The van der Waals surface area contributed by atoms with Crippen LogP contribution in [-0.2, 0) is 19.3 Å². The standard InChI is InChI=1S/C13H25N5/c1-18(2)13-9-17-12(5-8-16)10(3-6-14)11(13)4-7-15/h9H,3-8,14-16H2,1-2H3. The Balaban J connectivity index is 3.28. The van der Waals surface area contributed by atoms with Gasteiger partial charge in [-0.3, -0.25) is 4.98 Å². The molecule has 0 saturated heterocycles. The Morgan fingerprint density at radius 2 is 1.50 bits per heavy atom. The molecule has 0 aliphatic carbocycles. The fourth-order valence-electron chi connectivity index (χ4n) is 2.22. The molecule has 0 saturated carbocycles. The van der Waals surface area contributed by atoms with Crippen molar-refractivity contribution in [3.05, 3.63) is 23.0 Å². The maximum Gasteiger partial charge on any atom is 0.0583 e. The molecule has 102 valence electrons. The lowest BCUT2D eigenvalue weighted by atomic mass is 9.97. The summed E-state index contributed by atoms with van der Waals surface area (Å²) in [5, 5.41) is 0. The van der Waals surface area contributed by atoms with Crippen molar-refractivity contribution in [3.63, 3.8) is 0 Å². The van der Waals surface area contributed by atoms with Gasteiger partial charge in [-0.2, -0.15) is 0 Å². The minimum absolute atomic E-state index is 0.605. The van der Waals surface area contributed by atoms with E-state index in [1.54, 1.807) is 0 Å². The van der Waals surface area contributed by atoms with Gasteiger partial charge in [0.1, 0.15) is 0 Å². The van der Waals surface area contributed by atoms with E-state index in [0.29, 0.717) is 19.6 Å². The van der Waals surface area contributed by atoms with Crippen LogP contribution in [0.15, 0.2) is 6.20 Å². The second-order valence-corrected chi connectivity index (χ2v) is 4.56. The van der Waals surface area contributed by atoms with E-state index in [4.69, 9.17) is 17.2 Å². The van der Waals surface area contributed by atoms with Crippen LogP contribution in [0.25, 0.3) is 0 Å². The predicted molar refractivity (Wildman–Crippen MR) is 76.8 cm³/mol. The monoisotopic (exact) mass is 251 g/mol. The molecule has 0 radical (unpaired) electrons. The van der Waals surface area contributed by atoms with Gasteiger partial charge in [-0.25, -0.2) is 0 Å². The molecular weight excluding hydrogens is 226 g/mol. The largest absolute Gasteiger partial charge is 0.376 e. The maximum atomic E-state index is 5.72. The minimum atomic E-state index is 0.605. The number of hydrogen-bond donors (Lipinski definition) is 3. The van der Waals surface area contributed by atoms with Crippen LogP contribution < -0.4 is 22.1 Å². The number of pyridine rings is 1. The summed E-state index contributed by atoms with van der Waals surface area (Å²) in [7, 11) is 4.04. The number of hydrogen-bond acceptors (Lipinski definition) is 5. The summed E-state index contributed by atoms with van der Waals surface area (Å²) < 4.78 is 0. The molecule has 1 heterocycles. The van der Waals surface area contributed by atoms with E-state index in [1.807, 2.05) is 20.3 Å². The molecule has 1 aromatic heterocycles. The van der Waals surface area contributed by atoms with Crippen molar-refractivity contribution in [2.24, 2.45) is 17.2 Å². The van der Waals surface area contributed by atoms with Gasteiger partial charge in [0.15, 0.2) is 0 Å². The van der Waals surface area contributed by atoms with Crippen LogP contribution in [0, 0.1) is 0 Å². The number of aromatic nitrogens is 1. The summed E-state index contributed by atoms with van der Waals surface area (Å²) in [6.07, 6.45) is 4.39. The molecule has 5 heteroatoms. The molecule has 1 aromatic rings. The Morgan fingerprint density at radius 3 is 2.00 bits per heavy atom. The number of nitrogens with two attached hydrogens (primary N) is 3. The second-order valence-electron chi connectivity index (χ2n) is 4.56. The summed E-state index contributed by atoms with van der Waals surface area (Å²) in [5.74, 6) is 0. The smallest absolute Gasteiger partial charge is 0.0583 e. The molecule has 0 spiro atoms. The van der Waals surface area contributed by atoms with Crippen LogP contribution in [0.4, 0.5) is 5.69 Å². The highest BCUT2D eigenvalue weighted by atomic mass is 15.1. The molecule has 0 bridgehead atoms. The highest BCUT2D eigenvalue weighted by molar-refractivity contribution is 5.56. The minimum Gasteiger partial charge on any atom is -0.376 e. The van der Waals surface area contributed by atoms with Crippen molar-refractivity contribution in [2.75, 3.05) is 38.6 Å². The third kappa shape index (κ3) is 3.41. The zero-order valence-electron chi connectivity index (χ0n) is 11.4. The van der Waals surface area contributed by atoms with Gasteiger partial charge in [0, 0.05) is 26.2 Å². The number of nitrogens with zero attached hydrogens (tertiary/aromatic N) is 2. The van der Waals surface area contributed by atoms with Crippen molar-refractivity contribution in [2.45, 2.75) is 19.3 Å². The molecule has 5 nitrogen and oxygen atoms in total. The van der Waals surface area contributed by atoms with Crippen LogP contribution in [0.3, 0.4) is 0 Å². The van der Waals surface area contributed by atoms with Crippen LogP contribution in [-0.4, -0.2) is 38.7 Å². The van der Waals surface area contributed by atoms with E-state index in [2.05, 4.69) is 9.88 Å². The van der Waals surface area contributed by atoms with E-state index in [1.165, 1.54) is 11.1 Å². The number of anilines is 1. The Kier molecular flexibility index (Phi) is 6.04. The van der Waals surface area contributed by atoms with Gasteiger partial charge in [-0.15, -0.1) is 0 Å². The van der Waals surface area contributed by atoms with E-state index >= 15 is 0 Å². The van der Waals surface area contributed by atoms with Crippen LogP contribution in [0.5, 0.6) is 0 Å². The van der Waals surface area contributed by atoms with Gasteiger partial charge >= 0.3 is 0 Å². The maximum absolute atomic E-state index is 5.72. The average Bonchev–Trinajstić information content (AvgIpc) is 2.33. The molecule has 0 aromatic carbocycles. The molecule has 0 aliphatic rings. The lowest BCUT2D eigenvalue weighted by Gasteiger charge is -2.22. The van der Waals surface area contributed by atoms with Gasteiger partial charge in [-0.1, -0.05) is 0 Å². The molecule has 0 fully saturated rings. The predicted octanol–water partition coefficient (Wildman–Crippen LogP) is -0.349. The first kappa shape index (κ1) is 14.9. The van der Waals surface area contributed by atoms with E-state index in [9.17, 15) is 0 Å². The van der Waals surface area contributed by atoms with E-state index in [0.717, 1.165) is 30.6 Å². The molecule has 0 unspecified atom stereocenters. The van der Waals surface area contributed by atoms with Crippen LogP contribution in [0.1, 0.15) is 16.8 Å². The topological polar surface area (TPSA) is 94.2 Å². The van der Waals surface area contributed by atoms with Crippen LogP contribution in [0.2, 0.25) is 0 Å². The normalized spacial score (nSPS) is 10.7. The Hall–Kier alpha value is -1.17. The van der Waals surface area contributed by atoms with E-state index < -0.39 is 0 Å². The highest BCUT2D eigenvalue weighted by Gasteiger charge is 2.14. The summed E-state index contributed by atoms with van der Waals surface area (Å²) in [4.78, 5) is 6.61. The van der Waals surface area contributed by atoms with Crippen LogP contribution >= 0.6 is 0 Å². The first-order chi connectivity index (χ1) is 8.65. The lowest BCUT2D eigenvalue weighted by molar-refractivity contribution is 0.832. The van der Waals surface area contributed by atoms with E-state index in [-0.39, 0.29) is 0 Å². The SMILES string of the molecule is CN(C)c1cnc(CCN)c(CCN)c1CCN. The van der Waals surface area contributed by atoms with Gasteiger partial charge in [-0.05, 0) is 43.6 Å². The second kappa shape index (κ2) is 7.31. The highest BCUT2D eigenvalue weighted by Crippen LogP contribution is 2.25. The zero-order chi connectivity index (χ0) is 13.5. The van der Waals surface area contributed by atoms with Crippen molar-refractivity contribution < 1.29 is 0 Å². The molecule has 1 rings (SSSR count). The summed E-state index contributed by atoms with van der Waals surface area (Å²) in [5.41, 5.74) is 21.8. The number of rotatable bonds is 7. The van der Waals surface area contributed by atoms with Crippen molar-refractivity contribution in [1.82, 2.24) is 4.98 Å². The van der Waals surface area contributed by atoms with Crippen molar-refractivity contribution >= 4 is 5.69 Å². The molecule has 6 N–H and O–H groups in total. The molecule has 18 heavy (non-hydrogen) atoms. The van der Waals surface area contributed by atoms with Gasteiger partial charge in [0.2, 0.25) is 0 Å². The quantitative estimate of drug-likeness (QED) is 0.616. The fourth-order valence-corrected chi connectivity index (χ4v) is 2.22. The first-order valence-corrected chi connectivity index (χ1v) is 6.42. The molecular formula is C13H25N5. The zero-order valence-corrected chi connectivity index (χ0v) is 11.4. The lowest BCUT2D eigenvalue weighted by Crippen LogP contribution is -2.20. The average molecular weight is 251 g/mol. The Bertz CT molecular complexity index is 376. The summed E-state index contributed by atoms with van der Waals surface area (Å²) in [6, 6.07) is 0. The first-order valence-electron chi connectivity index (χ1n) is 6.42. The molecule has 0 aliphatic heterocycles. The van der Waals surface area contributed by atoms with Crippen molar-refractivity contribution in [3.8, 4) is 0 Å². The Morgan fingerprint density at radius 1 is 0.944 bits per heavy atom. The summed E-state index contributed by atoms with van der Waals surface area (Å²) in [6.45, 7) is 1.85. The van der Waals surface area contributed by atoms with Crippen molar-refractivity contribution in [1.29, 1.82) is 0 Å². The fraction of sp³-hybridized carbons (Fsp3) is 0.615. The Labute approximate surface area is 109 Å². The summed E-state index contributed by atoms with van der Waals surface area (Å²) >= 11 is 0. The van der Waals surface area contributed by atoms with Gasteiger partial charge in [0.25, 0.3) is 0 Å². The third-order valence-corrected chi connectivity index (χ3v) is 3.02. The molecule has 0 atom stereocenters. The van der Waals surface area contributed by atoms with Gasteiger partial charge in [0.05, 0.1) is 11.9 Å². The molecule has 0 amide bonds.